The molecule has 0 radical (unpaired) electrons. The Morgan fingerprint density at radius 3 is 2.88 bits per heavy atom. The van der Waals surface area contributed by atoms with Crippen molar-refractivity contribution in [3.63, 3.8) is 0 Å². The van der Waals surface area contributed by atoms with Gasteiger partial charge in [-0.2, -0.15) is 0 Å². The molecular weight excluding hydrogens is 204 g/mol. The molecule has 86 valence electrons. The Hall–Kier alpha value is -1.58. The Morgan fingerprint density at radius 2 is 2.19 bits per heavy atom. The third-order valence-corrected chi connectivity index (χ3v) is 2.90. The molecule has 0 bridgehead atoms. The Balaban J connectivity index is 1.87. The molecule has 2 rings (SSSR count). The summed E-state index contributed by atoms with van der Waals surface area (Å²) in [6.45, 7) is 0.509. The van der Waals surface area contributed by atoms with E-state index in [-0.39, 0.29) is 11.7 Å². The number of carbonyl (C=O) groups is 1. The summed E-state index contributed by atoms with van der Waals surface area (Å²) in [4.78, 5) is 15.5. The van der Waals surface area contributed by atoms with Crippen LogP contribution in [0.25, 0.3) is 0 Å². The van der Waals surface area contributed by atoms with E-state index in [9.17, 15) is 4.79 Å². The van der Waals surface area contributed by atoms with Crippen molar-refractivity contribution in [3.8, 4) is 0 Å². The maximum atomic E-state index is 11.6. The maximum absolute atomic E-state index is 11.6. The fourth-order valence-corrected chi connectivity index (χ4v) is 2.01. The minimum absolute atomic E-state index is 0.290. The van der Waals surface area contributed by atoms with Crippen LogP contribution < -0.4 is 5.73 Å². The third-order valence-electron chi connectivity index (χ3n) is 2.90. The molecule has 1 aliphatic rings. The lowest BCUT2D eigenvalue weighted by atomic mass is 10.1. The standard InChI is InChI=1S/C12H16N2O2/c13-11-7-3-6-10(14-11)12(15)16-8-9-4-1-2-5-9/h3,6-7,9H,1-2,4-5,8H2,(H2,13,14). The Kier molecular flexibility index (Phi) is 3.39. The average Bonchev–Trinajstić information content (AvgIpc) is 2.78. The molecule has 0 saturated heterocycles. The smallest absolute Gasteiger partial charge is 0.357 e. The van der Waals surface area contributed by atoms with Crippen molar-refractivity contribution in [1.82, 2.24) is 4.98 Å². The van der Waals surface area contributed by atoms with Crippen molar-refractivity contribution < 1.29 is 9.53 Å². The van der Waals surface area contributed by atoms with E-state index in [4.69, 9.17) is 10.5 Å². The molecule has 0 aromatic carbocycles. The monoisotopic (exact) mass is 220 g/mol. The minimum atomic E-state index is -0.376. The topological polar surface area (TPSA) is 65.2 Å². The summed E-state index contributed by atoms with van der Waals surface area (Å²) >= 11 is 0. The van der Waals surface area contributed by atoms with Crippen LogP contribution in [0.15, 0.2) is 18.2 Å². The number of ether oxygens (including phenoxy) is 1. The van der Waals surface area contributed by atoms with Gasteiger partial charge in [0.2, 0.25) is 0 Å². The normalized spacial score (nSPS) is 16.2. The summed E-state index contributed by atoms with van der Waals surface area (Å²) in [6, 6.07) is 4.97. The number of pyridine rings is 1. The van der Waals surface area contributed by atoms with Gasteiger partial charge in [0.1, 0.15) is 5.82 Å². The lowest BCUT2D eigenvalue weighted by Crippen LogP contribution is -2.13. The summed E-state index contributed by atoms with van der Waals surface area (Å²) in [6.07, 6.45) is 4.83. The number of nitrogens with two attached hydrogens (primary N) is 1. The van der Waals surface area contributed by atoms with Crippen LogP contribution in [0.2, 0.25) is 0 Å². The summed E-state index contributed by atoms with van der Waals surface area (Å²) < 4.78 is 5.21. The molecule has 1 aromatic heterocycles. The van der Waals surface area contributed by atoms with Crippen molar-refractivity contribution in [2.45, 2.75) is 25.7 Å². The molecule has 0 unspecified atom stereocenters. The van der Waals surface area contributed by atoms with E-state index in [2.05, 4.69) is 4.98 Å². The largest absolute Gasteiger partial charge is 0.461 e. The van der Waals surface area contributed by atoms with Gasteiger partial charge in [-0.15, -0.1) is 0 Å². The van der Waals surface area contributed by atoms with Gasteiger partial charge in [-0.25, -0.2) is 9.78 Å². The van der Waals surface area contributed by atoms with Gasteiger partial charge in [0.25, 0.3) is 0 Å². The summed E-state index contributed by atoms with van der Waals surface area (Å²) in [5.41, 5.74) is 5.79. The number of hydrogen-bond donors (Lipinski definition) is 1. The van der Waals surface area contributed by atoms with E-state index in [0.29, 0.717) is 18.3 Å². The molecule has 0 aliphatic heterocycles. The van der Waals surface area contributed by atoms with Crippen LogP contribution in [0.5, 0.6) is 0 Å². The number of nitrogen functional groups attached to an aromatic ring is 1. The highest BCUT2D eigenvalue weighted by Crippen LogP contribution is 2.24. The van der Waals surface area contributed by atoms with Crippen LogP contribution in [0.3, 0.4) is 0 Å². The molecule has 1 saturated carbocycles. The SMILES string of the molecule is Nc1cccc(C(=O)OCC2CCCC2)n1. The molecule has 0 spiro atoms. The van der Waals surface area contributed by atoms with Crippen molar-refractivity contribution in [2.24, 2.45) is 5.92 Å². The first-order valence-electron chi connectivity index (χ1n) is 5.65. The number of esters is 1. The highest BCUT2D eigenvalue weighted by molar-refractivity contribution is 5.87. The second-order valence-corrected chi connectivity index (χ2v) is 4.20. The average molecular weight is 220 g/mol. The predicted molar refractivity (Wildman–Crippen MR) is 60.9 cm³/mol. The fourth-order valence-electron chi connectivity index (χ4n) is 2.01. The minimum Gasteiger partial charge on any atom is -0.461 e. The van der Waals surface area contributed by atoms with E-state index >= 15 is 0 Å². The van der Waals surface area contributed by atoms with Crippen LogP contribution >= 0.6 is 0 Å². The number of nitrogens with zero attached hydrogens (tertiary/aromatic N) is 1. The molecule has 4 heteroatoms. The lowest BCUT2D eigenvalue weighted by molar-refractivity contribution is 0.0436. The van der Waals surface area contributed by atoms with E-state index < -0.39 is 0 Å². The molecule has 0 amide bonds. The van der Waals surface area contributed by atoms with Gasteiger partial charge in [-0.3, -0.25) is 0 Å². The number of carbonyl (C=O) groups excluding carboxylic acids is 1. The molecule has 2 N–H and O–H groups in total. The Morgan fingerprint density at radius 1 is 1.44 bits per heavy atom. The zero-order valence-electron chi connectivity index (χ0n) is 9.19. The van der Waals surface area contributed by atoms with Crippen LogP contribution in [0.4, 0.5) is 5.82 Å². The van der Waals surface area contributed by atoms with Gasteiger partial charge in [0.05, 0.1) is 6.61 Å². The molecule has 1 heterocycles. The Labute approximate surface area is 94.8 Å². The second kappa shape index (κ2) is 4.96. The molecule has 4 nitrogen and oxygen atoms in total. The predicted octanol–water partition coefficient (Wildman–Crippen LogP) is 2.01. The molecule has 16 heavy (non-hydrogen) atoms. The van der Waals surface area contributed by atoms with Gasteiger partial charge in [-0.1, -0.05) is 18.9 Å². The van der Waals surface area contributed by atoms with E-state index in [1.165, 1.54) is 12.8 Å². The number of anilines is 1. The summed E-state index contributed by atoms with van der Waals surface area (Å²) in [5, 5.41) is 0. The molecule has 1 fully saturated rings. The van der Waals surface area contributed by atoms with Crippen molar-refractivity contribution in [1.29, 1.82) is 0 Å². The highest BCUT2D eigenvalue weighted by Gasteiger charge is 2.17. The first kappa shape index (κ1) is 10.9. The van der Waals surface area contributed by atoms with Gasteiger partial charge in [-0.05, 0) is 30.9 Å². The molecule has 1 aliphatic carbocycles. The summed E-state index contributed by atoms with van der Waals surface area (Å²) in [7, 11) is 0. The number of hydrogen-bond acceptors (Lipinski definition) is 4. The summed E-state index contributed by atoms with van der Waals surface area (Å²) in [5.74, 6) is 0.500. The van der Waals surface area contributed by atoms with E-state index in [0.717, 1.165) is 12.8 Å². The maximum Gasteiger partial charge on any atom is 0.357 e. The fraction of sp³-hybridized carbons (Fsp3) is 0.500. The van der Waals surface area contributed by atoms with Crippen molar-refractivity contribution in [2.75, 3.05) is 12.3 Å². The first-order chi connectivity index (χ1) is 7.75. The zero-order valence-corrected chi connectivity index (χ0v) is 9.19. The van der Waals surface area contributed by atoms with Crippen LogP contribution in [0.1, 0.15) is 36.2 Å². The molecular formula is C12H16N2O2. The molecule has 0 atom stereocenters. The third kappa shape index (κ3) is 2.72. The highest BCUT2D eigenvalue weighted by atomic mass is 16.5. The quantitative estimate of drug-likeness (QED) is 0.791. The van der Waals surface area contributed by atoms with Crippen molar-refractivity contribution >= 4 is 11.8 Å². The first-order valence-corrected chi connectivity index (χ1v) is 5.65. The number of rotatable bonds is 3. The van der Waals surface area contributed by atoms with Crippen LogP contribution in [0, 0.1) is 5.92 Å². The molecule has 1 aromatic rings. The van der Waals surface area contributed by atoms with Crippen LogP contribution in [-0.4, -0.2) is 17.6 Å². The van der Waals surface area contributed by atoms with Gasteiger partial charge in [0, 0.05) is 0 Å². The zero-order chi connectivity index (χ0) is 11.4. The van der Waals surface area contributed by atoms with Gasteiger partial charge >= 0.3 is 5.97 Å². The number of aromatic nitrogens is 1. The van der Waals surface area contributed by atoms with Crippen LogP contribution in [-0.2, 0) is 4.74 Å². The Bertz CT molecular complexity index is 373. The lowest BCUT2D eigenvalue weighted by Gasteiger charge is -2.09. The van der Waals surface area contributed by atoms with E-state index in [1.807, 2.05) is 0 Å². The van der Waals surface area contributed by atoms with Gasteiger partial charge < -0.3 is 10.5 Å². The van der Waals surface area contributed by atoms with E-state index in [1.54, 1.807) is 18.2 Å². The van der Waals surface area contributed by atoms with Crippen molar-refractivity contribution in [3.05, 3.63) is 23.9 Å². The second-order valence-electron chi connectivity index (χ2n) is 4.20. The van der Waals surface area contributed by atoms with Gasteiger partial charge in [0.15, 0.2) is 5.69 Å².